The minimum absolute atomic E-state index is 0.00290. The van der Waals surface area contributed by atoms with Gasteiger partial charge in [0.25, 0.3) is 10.0 Å². The molecule has 8 heteroatoms. The predicted octanol–water partition coefficient (Wildman–Crippen LogP) is 2.55. The highest BCUT2D eigenvalue weighted by Gasteiger charge is 2.18. The maximum absolute atomic E-state index is 13.4. The van der Waals surface area contributed by atoms with Gasteiger partial charge in [0.15, 0.2) is 11.6 Å². The summed E-state index contributed by atoms with van der Waals surface area (Å²) < 4.78 is 39.5. The average Bonchev–Trinajstić information content (AvgIpc) is 2.41. The van der Waals surface area contributed by atoms with Gasteiger partial charge in [0.2, 0.25) is 0 Å². The SMILES string of the molecule is N#Cc1ccc(S(=O)(=O)Nc2ncccc2F)cc1Cl. The van der Waals surface area contributed by atoms with E-state index in [1.54, 1.807) is 0 Å². The Balaban J connectivity index is 2.39. The monoisotopic (exact) mass is 311 g/mol. The molecule has 0 spiro atoms. The Morgan fingerprint density at radius 3 is 2.70 bits per heavy atom. The summed E-state index contributed by atoms with van der Waals surface area (Å²) in [4.78, 5) is 3.41. The number of halogens is 2. The number of nitriles is 1. The molecule has 1 aromatic heterocycles. The maximum atomic E-state index is 13.4. The molecule has 0 fully saturated rings. The van der Waals surface area contributed by atoms with Crippen molar-refractivity contribution in [3.8, 4) is 6.07 Å². The molecule has 1 aromatic carbocycles. The van der Waals surface area contributed by atoms with E-state index in [2.05, 4.69) is 4.98 Å². The van der Waals surface area contributed by atoms with Crippen molar-refractivity contribution in [2.24, 2.45) is 0 Å². The van der Waals surface area contributed by atoms with Gasteiger partial charge < -0.3 is 0 Å². The van der Waals surface area contributed by atoms with Crippen LogP contribution >= 0.6 is 11.6 Å². The van der Waals surface area contributed by atoms with Crippen molar-refractivity contribution in [3.63, 3.8) is 0 Å². The van der Waals surface area contributed by atoms with Gasteiger partial charge in [-0.25, -0.2) is 17.8 Å². The molecule has 0 amide bonds. The second kappa shape index (κ2) is 5.45. The Labute approximate surface area is 119 Å². The van der Waals surface area contributed by atoms with Crippen LogP contribution in [0.2, 0.25) is 5.02 Å². The summed E-state index contributed by atoms with van der Waals surface area (Å²) in [5.41, 5.74) is 0.148. The van der Waals surface area contributed by atoms with Gasteiger partial charge in [-0.15, -0.1) is 0 Å². The topological polar surface area (TPSA) is 82.8 Å². The Morgan fingerprint density at radius 1 is 1.35 bits per heavy atom. The number of nitrogens with zero attached hydrogens (tertiary/aromatic N) is 2. The van der Waals surface area contributed by atoms with Crippen molar-refractivity contribution in [1.82, 2.24) is 4.98 Å². The normalized spacial score (nSPS) is 10.8. The molecule has 0 atom stereocenters. The first kappa shape index (κ1) is 14.2. The van der Waals surface area contributed by atoms with Gasteiger partial charge >= 0.3 is 0 Å². The molecule has 0 aliphatic carbocycles. The van der Waals surface area contributed by atoms with Crippen molar-refractivity contribution >= 4 is 27.4 Å². The summed E-state index contributed by atoms with van der Waals surface area (Å²) in [6, 6.07) is 7.82. The molecule has 20 heavy (non-hydrogen) atoms. The van der Waals surface area contributed by atoms with E-state index in [9.17, 15) is 12.8 Å². The molecule has 0 radical (unpaired) electrons. The molecule has 0 aliphatic rings. The van der Waals surface area contributed by atoms with E-state index in [0.29, 0.717) is 0 Å². The average molecular weight is 312 g/mol. The Bertz CT molecular complexity index is 803. The molecular weight excluding hydrogens is 305 g/mol. The number of benzene rings is 1. The first-order chi connectivity index (χ1) is 9.44. The lowest BCUT2D eigenvalue weighted by Gasteiger charge is -2.08. The quantitative estimate of drug-likeness (QED) is 0.944. The fourth-order valence-corrected chi connectivity index (χ4v) is 2.73. The zero-order valence-corrected chi connectivity index (χ0v) is 11.4. The predicted molar refractivity (Wildman–Crippen MR) is 71.2 cm³/mol. The van der Waals surface area contributed by atoms with Gasteiger partial charge in [0.05, 0.1) is 15.5 Å². The molecule has 0 saturated heterocycles. The highest BCUT2D eigenvalue weighted by molar-refractivity contribution is 7.92. The molecule has 1 N–H and O–H groups in total. The number of aromatic nitrogens is 1. The lowest BCUT2D eigenvalue weighted by molar-refractivity contribution is 0.597. The summed E-state index contributed by atoms with van der Waals surface area (Å²) in [5.74, 6) is -1.20. The zero-order valence-electron chi connectivity index (χ0n) is 9.84. The van der Waals surface area contributed by atoms with Gasteiger partial charge in [0.1, 0.15) is 6.07 Å². The molecule has 1 heterocycles. The molecule has 2 aromatic rings. The van der Waals surface area contributed by atoms with Crippen LogP contribution in [0, 0.1) is 17.1 Å². The van der Waals surface area contributed by atoms with Crippen molar-refractivity contribution in [3.05, 3.63) is 52.9 Å². The van der Waals surface area contributed by atoms with Crippen LogP contribution in [0.15, 0.2) is 41.4 Å². The van der Waals surface area contributed by atoms with E-state index >= 15 is 0 Å². The van der Waals surface area contributed by atoms with Crippen LogP contribution in [-0.4, -0.2) is 13.4 Å². The van der Waals surface area contributed by atoms with E-state index in [-0.39, 0.29) is 15.5 Å². The molecule has 0 aliphatic heterocycles. The molecule has 0 saturated carbocycles. The van der Waals surface area contributed by atoms with Gasteiger partial charge in [0, 0.05) is 6.20 Å². The second-order valence-corrected chi connectivity index (χ2v) is 5.78. The molecule has 2 rings (SSSR count). The van der Waals surface area contributed by atoms with Crippen LogP contribution in [-0.2, 0) is 10.0 Å². The summed E-state index contributed by atoms with van der Waals surface area (Å²) in [7, 11) is -4.03. The summed E-state index contributed by atoms with van der Waals surface area (Å²) in [6.45, 7) is 0. The first-order valence-electron chi connectivity index (χ1n) is 5.27. The van der Waals surface area contributed by atoms with E-state index in [0.717, 1.165) is 12.1 Å². The number of sulfonamides is 1. The standard InChI is InChI=1S/C12H7ClFN3O2S/c13-10-6-9(4-3-8(10)7-15)20(18,19)17-12-11(14)2-1-5-16-12/h1-6H,(H,16,17). The number of anilines is 1. The van der Waals surface area contributed by atoms with Crippen molar-refractivity contribution in [2.75, 3.05) is 4.72 Å². The van der Waals surface area contributed by atoms with Crippen LogP contribution in [0.5, 0.6) is 0 Å². The van der Waals surface area contributed by atoms with E-state index < -0.39 is 21.7 Å². The van der Waals surface area contributed by atoms with Crippen LogP contribution < -0.4 is 4.72 Å². The summed E-state index contributed by atoms with van der Waals surface area (Å²) >= 11 is 5.77. The van der Waals surface area contributed by atoms with Gasteiger partial charge in [-0.2, -0.15) is 5.26 Å². The number of hydrogen-bond donors (Lipinski definition) is 1. The van der Waals surface area contributed by atoms with Crippen LogP contribution in [0.1, 0.15) is 5.56 Å². The summed E-state index contributed by atoms with van der Waals surface area (Å²) in [5, 5.41) is 8.72. The third-order valence-corrected chi connectivity index (χ3v) is 4.01. The number of nitrogens with one attached hydrogen (secondary N) is 1. The van der Waals surface area contributed by atoms with Gasteiger partial charge in [-0.05, 0) is 30.3 Å². The Hall–Kier alpha value is -2.17. The van der Waals surface area contributed by atoms with E-state index in [1.165, 1.54) is 24.4 Å². The highest BCUT2D eigenvalue weighted by atomic mass is 35.5. The van der Waals surface area contributed by atoms with Crippen molar-refractivity contribution in [2.45, 2.75) is 4.90 Å². The molecule has 0 bridgehead atoms. The van der Waals surface area contributed by atoms with Crippen LogP contribution in [0.25, 0.3) is 0 Å². The van der Waals surface area contributed by atoms with E-state index in [4.69, 9.17) is 16.9 Å². The number of rotatable bonds is 3. The Kier molecular flexibility index (Phi) is 3.88. The zero-order chi connectivity index (χ0) is 14.8. The minimum atomic E-state index is -4.03. The van der Waals surface area contributed by atoms with Crippen molar-refractivity contribution < 1.29 is 12.8 Å². The fraction of sp³-hybridized carbons (Fsp3) is 0. The summed E-state index contributed by atoms with van der Waals surface area (Å²) in [6.07, 6.45) is 1.26. The molecule has 102 valence electrons. The van der Waals surface area contributed by atoms with Gasteiger partial charge in [-0.3, -0.25) is 4.72 Å². The fourth-order valence-electron chi connectivity index (χ4n) is 1.40. The maximum Gasteiger partial charge on any atom is 0.263 e. The third-order valence-electron chi connectivity index (χ3n) is 2.36. The lowest BCUT2D eigenvalue weighted by atomic mass is 10.2. The van der Waals surface area contributed by atoms with Crippen LogP contribution in [0.4, 0.5) is 10.2 Å². The van der Waals surface area contributed by atoms with Gasteiger partial charge in [-0.1, -0.05) is 11.6 Å². The Morgan fingerprint density at radius 2 is 2.10 bits per heavy atom. The van der Waals surface area contributed by atoms with E-state index in [1.807, 2.05) is 10.8 Å². The lowest BCUT2D eigenvalue weighted by Crippen LogP contribution is -2.15. The minimum Gasteiger partial charge on any atom is -0.261 e. The largest absolute Gasteiger partial charge is 0.263 e. The third kappa shape index (κ3) is 2.87. The smallest absolute Gasteiger partial charge is 0.261 e. The molecule has 5 nitrogen and oxygen atoms in total. The van der Waals surface area contributed by atoms with Crippen molar-refractivity contribution in [1.29, 1.82) is 5.26 Å². The highest BCUT2D eigenvalue weighted by Crippen LogP contribution is 2.22. The molecular formula is C12H7ClFN3O2S. The van der Waals surface area contributed by atoms with Crippen LogP contribution in [0.3, 0.4) is 0 Å². The molecule has 0 unspecified atom stereocenters. The number of hydrogen-bond acceptors (Lipinski definition) is 4. The first-order valence-corrected chi connectivity index (χ1v) is 7.13. The number of pyridine rings is 1. The second-order valence-electron chi connectivity index (χ2n) is 3.69.